The number of ether oxygens (including phenoxy) is 1. The zero-order valence-electron chi connectivity index (χ0n) is 11.0. The molecule has 0 aliphatic carbocycles. The summed E-state index contributed by atoms with van der Waals surface area (Å²) < 4.78 is 6.86. The van der Waals surface area contributed by atoms with Gasteiger partial charge in [-0.05, 0) is 19.1 Å². The van der Waals surface area contributed by atoms with E-state index in [0.717, 1.165) is 16.9 Å². The van der Waals surface area contributed by atoms with Gasteiger partial charge in [-0.15, -0.1) is 5.10 Å². The van der Waals surface area contributed by atoms with Crippen molar-refractivity contribution in [3.8, 4) is 17.0 Å². The average Bonchev–Trinajstić information content (AvgIpc) is 2.80. The second-order valence-corrected chi connectivity index (χ2v) is 4.29. The van der Waals surface area contributed by atoms with Gasteiger partial charge in [-0.3, -0.25) is 4.79 Å². The van der Waals surface area contributed by atoms with Crippen molar-refractivity contribution in [2.45, 2.75) is 13.5 Å². The van der Waals surface area contributed by atoms with Crippen molar-refractivity contribution in [2.75, 3.05) is 7.11 Å². The van der Waals surface area contributed by atoms with Gasteiger partial charge in [-0.1, -0.05) is 29.5 Å². The third kappa shape index (κ3) is 2.70. The number of aromatic nitrogens is 3. The lowest BCUT2D eigenvalue weighted by Crippen LogP contribution is -2.03. The molecule has 0 aliphatic heterocycles. The first-order valence-electron chi connectivity index (χ1n) is 5.83. The summed E-state index contributed by atoms with van der Waals surface area (Å²) in [6.07, 6.45) is 0.705. The molecule has 0 saturated heterocycles. The molecule has 0 bridgehead atoms. The summed E-state index contributed by atoms with van der Waals surface area (Å²) in [7, 11) is 1.60. The zero-order chi connectivity index (χ0) is 13.8. The topological polar surface area (TPSA) is 57.0 Å². The molecule has 1 aromatic carbocycles. The minimum atomic E-state index is 0.314. The number of carbonyl (C=O) groups excluding carboxylic acids is 1. The van der Waals surface area contributed by atoms with Crippen LogP contribution < -0.4 is 4.74 Å². The van der Waals surface area contributed by atoms with Gasteiger partial charge in [0.15, 0.2) is 12.0 Å². The lowest BCUT2D eigenvalue weighted by molar-refractivity contribution is 0.111. The molecule has 0 amide bonds. The molecule has 2 aromatic rings. The third-order valence-corrected chi connectivity index (χ3v) is 2.64. The highest BCUT2D eigenvalue weighted by Crippen LogP contribution is 2.25. The van der Waals surface area contributed by atoms with E-state index in [1.54, 1.807) is 11.8 Å². The van der Waals surface area contributed by atoms with Crippen molar-refractivity contribution in [1.82, 2.24) is 15.0 Å². The maximum absolute atomic E-state index is 11.1. The summed E-state index contributed by atoms with van der Waals surface area (Å²) in [5.74, 6) is 0.720. The quantitative estimate of drug-likeness (QED) is 0.609. The van der Waals surface area contributed by atoms with Crippen molar-refractivity contribution in [3.63, 3.8) is 0 Å². The Morgan fingerprint density at radius 3 is 2.95 bits per heavy atom. The Bertz CT molecular complexity index is 617. The van der Waals surface area contributed by atoms with Crippen LogP contribution in [0.2, 0.25) is 0 Å². The predicted molar refractivity (Wildman–Crippen MR) is 72.2 cm³/mol. The summed E-state index contributed by atoms with van der Waals surface area (Å²) in [4.78, 5) is 11.1. The fourth-order valence-electron chi connectivity index (χ4n) is 1.84. The van der Waals surface area contributed by atoms with E-state index in [1.165, 1.54) is 0 Å². The molecular weight excluding hydrogens is 242 g/mol. The monoisotopic (exact) mass is 257 g/mol. The Morgan fingerprint density at radius 2 is 2.32 bits per heavy atom. The number of rotatable bonds is 5. The highest BCUT2D eigenvalue weighted by atomic mass is 16.5. The summed E-state index contributed by atoms with van der Waals surface area (Å²) >= 11 is 0. The van der Waals surface area contributed by atoms with E-state index in [1.807, 2.05) is 31.2 Å². The molecule has 0 spiro atoms. The second kappa shape index (κ2) is 5.48. The molecule has 2 rings (SSSR count). The molecule has 1 aromatic heterocycles. The molecule has 5 heteroatoms. The molecule has 0 saturated carbocycles. The SMILES string of the molecule is C=C(C)Cn1nnc(C=O)c1-c1cccc(OC)c1. The van der Waals surface area contributed by atoms with Crippen molar-refractivity contribution in [2.24, 2.45) is 0 Å². The fourth-order valence-corrected chi connectivity index (χ4v) is 1.84. The van der Waals surface area contributed by atoms with Gasteiger partial charge in [0.2, 0.25) is 0 Å². The van der Waals surface area contributed by atoms with E-state index in [9.17, 15) is 4.79 Å². The molecule has 0 N–H and O–H groups in total. The van der Waals surface area contributed by atoms with Crippen LogP contribution in [0.3, 0.4) is 0 Å². The van der Waals surface area contributed by atoms with Gasteiger partial charge >= 0.3 is 0 Å². The Morgan fingerprint density at radius 1 is 1.53 bits per heavy atom. The van der Waals surface area contributed by atoms with Crippen molar-refractivity contribution >= 4 is 6.29 Å². The maximum atomic E-state index is 11.1. The first-order chi connectivity index (χ1) is 9.15. The first-order valence-corrected chi connectivity index (χ1v) is 5.83. The van der Waals surface area contributed by atoms with Crippen molar-refractivity contribution in [3.05, 3.63) is 42.1 Å². The largest absolute Gasteiger partial charge is 0.497 e. The van der Waals surface area contributed by atoms with Crippen LogP contribution in [-0.2, 0) is 6.54 Å². The first kappa shape index (κ1) is 13.0. The summed E-state index contributed by atoms with van der Waals surface area (Å²) in [5, 5.41) is 7.88. The number of allylic oxidation sites excluding steroid dienone is 1. The lowest BCUT2D eigenvalue weighted by atomic mass is 10.1. The van der Waals surface area contributed by atoms with Crippen molar-refractivity contribution < 1.29 is 9.53 Å². The van der Waals surface area contributed by atoms with Crippen LogP contribution >= 0.6 is 0 Å². The van der Waals surface area contributed by atoms with Crippen LogP contribution in [0.15, 0.2) is 36.4 Å². The van der Waals surface area contributed by atoms with Crippen LogP contribution in [-0.4, -0.2) is 28.4 Å². The molecular formula is C14H15N3O2. The van der Waals surface area contributed by atoms with Gasteiger partial charge in [-0.25, -0.2) is 4.68 Å². The smallest absolute Gasteiger partial charge is 0.172 e. The Labute approximate surface area is 111 Å². The molecule has 0 fully saturated rings. The minimum absolute atomic E-state index is 0.314. The van der Waals surface area contributed by atoms with E-state index in [2.05, 4.69) is 16.9 Å². The molecule has 0 aliphatic rings. The van der Waals surface area contributed by atoms with E-state index >= 15 is 0 Å². The molecule has 1 heterocycles. The number of benzene rings is 1. The second-order valence-electron chi connectivity index (χ2n) is 4.29. The summed E-state index contributed by atoms with van der Waals surface area (Å²) in [6.45, 7) is 6.27. The Hall–Kier alpha value is -2.43. The van der Waals surface area contributed by atoms with Gasteiger partial charge in [0, 0.05) is 5.56 Å². The molecule has 0 unspecified atom stereocenters. The van der Waals surface area contributed by atoms with Gasteiger partial charge < -0.3 is 4.74 Å². The van der Waals surface area contributed by atoms with Crippen molar-refractivity contribution in [1.29, 1.82) is 0 Å². The van der Waals surface area contributed by atoms with E-state index in [4.69, 9.17) is 4.74 Å². The number of hydrogen-bond donors (Lipinski definition) is 0. The van der Waals surface area contributed by atoms with E-state index in [-0.39, 0.29) is 0 Å². The summed E-state index contributed by atoms with van der Waals surface area (Å²) in [5.41, 5.74) is 2.77. The molecule has 0 atom stereocenters. The lowest BCUT2D eigenvalue weighted by Gasteiger charge is -2.08. The van der Waals surface area contributed by atoms with Crippen LogP contribution in [0.4, 0.5) is 0 Å². The average molecular weight is 257 g/mol. The van der Waals surface area contributed by atoms with Gasteiger partial charge in [0.25, 0.3) is 0 Å². The van der Waals surface area contributed by atoms with E-state index < -0.39 is 0 Å². The number of methoxy groups -OCH3 is 1. The van der Waals surface area contributed by atoms with Gasteiger partial charge in [0.05, 0.1) is 19.3 Å². The summed E-state index contributed by atoms with van der Waals surface area (Å²) in [6, 6.07) is 7.45. The molecule has 0 radical (unpaired) electrons. The highest BCUT2D eigenvalue weighted by molar-refractivity contribution is 5.83. The highest BCUT2D eigenvalue weighted by Gasteiger charge is 2.14. The normalized spacial score (nSPS) is 10.2. The molecule has 98 valence electrons. The third-order valence-electron chi connectivity index (χ3n) is 2.64. The predicted octanol–water partition coefficient (Wildman–Crippen LogP) is 2.34. The zero-order valence-corrected chi connectivity index (χ0v) is 11.0. The number of hydrogen-bond acceptors (Lipinski definition) is 4. The standard InChI is InChI=1S/C14H15N3O2/c1-10(2)8-17-14(13(9-18)15-16-17)11-5-4-6-12(7-11)19-3/h4-7,9H,1,8H2,2-3H3. The van der Waals surface area contributed by atoms with Crippen LogP contribution in [0.1, 0.15) is 17.4 Å². The van der Waals surface area contributed by atoms with Gasteiger partial charge in [-0.2, -0.15) is 0 Å². The Balaban J connectivity index is 2.54. The van der Waals surface area contributed by atoms with Crippen LogP contribution in [0, 0.1) is 0 Å². The number of carbonyl (C=O) groups is 1. The van der Waals surface area contributed by atoms with Crippen LogP contribution in [0.25, 0.3) is 11.3 Å². The number of aldehydes is 1. The number of nitrogens with zero attached hydrogens (tertiary/aromatic N) is 3. The molecule has 5 nitrogen and oxygen atoms in total. The van der Waals surface area contributed by atoms with E-state index in [0.29, 0.717) is 24.2 Å². The molecule has 19 heavy (non-hydrogen) atoms. The van der Waals surface area contributed by atoms with Crippen LogP contribution in [0.5, 0.6) is 5.75 Å². The fraction of sp³-hybridized carbons (Fsp3) is 0.214. The minimum Gasteiger partial charge on any atom is -0.497 e. The Kier molecular flexibility index (Phi) is 3.75. The maximum Gasteiger partial charge on any atom is 0.172 e. The van der Waals surface area contributed by atoms with Gasteiger partial charge in [0.1, 0.15) is 5.75 Å².